The van der Waals surface area contributed by atoms with E-state index < -0.39 is 11.9 Å². The molecular formula is C12H24O7. The molecule has 0 aromatic heterocycles. The molecule has 0 amide bonds. The molecule has 0 aromatic carbocycles. The summed E-state index contributed by atoms with van der Waals surface area (Å²) in [5.41, 5.74) is 0.352. The number of aliphatic hydroxyl groups excluding tert-OH is 3. The number of hydrogen-bond donors (Lipinski definition) is 5. The molecule has 7 nitrogen and oxygen atoms in total. The number of aliphatic hydroxyl groups is 3. The van der Waals surface area contributed by atoms with Crippen molar-refractivity contribution in [2.45, 2.75) is 20.8 Å². The van der Waals surface area contributed by atoms with E-state index >= 15 is 0 Å². The lowest BCUT2D eigenvalue weighted by Gasteiger charge is -1.79. The number of rotatable bonds is 3. The second-order valence-corrected chi connectivity index (χ2v) is 2.93. The summed E-state index contributed by atoms with van der Waals surface area (Å²) in [5, 5.41) is 38.6. The fourth-order valence-electron chi connectivity index (χ4n) is 0. The second kappa shape index (κ2) is 21.6. The van der Waals surface area contributed by atoms with Gasteiger partial charge in [-0.05, 0) is 20.8 Å². The minimum absolute atomic E-state index is 0.125. The molecule has 0 bridgehead atoms. The predicted octanol–water partition coefficient (Wildman–Crippen LogP) is 0.264. The quantitative estimate of drug-likeness (QED) is 0.468. The first-order valence-corrected chi connectivity index (χ1v) is 5.22. The summed E-state index contributed by atoms with van der Waals surface area (Å²) in [6.45, 7) is 10.9. The molecule has 0 spiro atoms. The molecule has 0 radical (unpaired) electrons. The average molecular weight is 280 g/mol. The molecule has 0 atom stereocenters. The average Bonchev–Trinajstić information content (AvgIpc) is 2.30. The van der Waals surface area contributed by atoms with Crippen LogP contribution >= 0.6 is 0 Å². The molecule has 0 heterocycles. The Kier molecular flexibility index (Phi) is 29.5. The monoisotopic (exact) mass is 280 g/mol. The Hall–Kier alpha value is -1.70. The third kappa shape index (κ3) is 62.5. The maximum absolute atomic E-state index is 9.60. The maximum Gasteiger partial charge on any atom is 0.330 e. The van der Waals surface area contributed by atoms with E-state index in [1.807, 2.05) is 0 Å². The van der Waals surface area contributed by atoms with Crippen molar-refractivity contribution in [3.05, 3.63) is 24.3 Å². The van der Waals surface area contributed by atoms with Gasteiger partial charge >= 0.3 is 11.9 Å². The van der Waals surface area contributed by atoms with Crippen molar-refractivity contribution >= 4 is 11.9 Å². The van der Waals surface area contributed by atoms with Crippen LogP contribution in [0.5, 0.6) is 0 Å². The molecule has 0 rings (SSSR count). The molecule has 0 aliphatic heterocycles. The van der Waals surface area contributed by atoms with E-state index in [4.69, 9.17) is 25.5 Å². The van der Waals surface area contributed by atoms with Gasteiger partial charge in [-0.3, -0.25) is 0 Å². The molecule has 7 heteroatoms. The highest BCUT2D eigenvalue weighted by molar-refractivity contribution is 5.85. The molecule has 5 N–H and O–H groups in total. The minimum Gasteiger partial charge on any atom is -0.478 e. The zero-order valence-electron chi connectivity index (χ0n) is 11.6. The summed E-state index contributed by atoms with van der Waals surface area (Å²) in [4.78, 5) is 19.2. The van der Waals surface area contributed by atoms with E-state index in [0.29, 0.717) is 0 Å². The molecular weight excluding hydrogens is 256 g/mol. The summed E-state index contributed by atoms with van der Waals surface area (Å²) >= 11 is 0. The number of hydrogen-bond acceptors (Lipinski definition) is 5. The first-order valence-electron chi connectivity index (χ1n) is 5.22. The topological polar surface area (TPSA) is 135 Å². The first kappa shape index (κ1) is 26.0. The highest BCUT2D eigenvalue weighted by Crippen LogP contribution is 1.81. The lowest BCUT2D eigenvalue weighted by molar-refractivity contribution is -0.133. The predicted molar refractivity (Wildman–Crippen MR) is 71.8 cm³/mol. The molecule has 0 aromatic rings. The van der Waals surface area contributed by atoms with Crippen molar-refractivity contribution in [2.24, 2.45) is 0 Å². The van der Waals surface area contributed by atoms with E-state index in [2.05, 4.69) is 13.2 Å². The van der Waals surface area contributed by atoms with E-state index in [9.17, 15) is 9.59 Å². The summed E-state index contributed by atoms with van der Waals surface area (Å²) in [5.74, 6) is -1.87. The summed E-state index contributed by atoms with van der Waals surface area (Å²) in [6, 6.07) is 0. The van der Waals surface area contributed by atoms with Crippen molar-refractivity contribution in [1.29, 1.82) is 0 Å². The van der Waals surface area contributed by atoms with Crippen molar-refractivity contribution in [3.63, 3.8) is 0 Å². The molecule has 0 aliphatic rings. The van der Waals surface area contributed by atoms with Crippen LogP contribution in [0.1, 0.15) is 20.8 Å². The normalized spacial score (nSPS) is 7.26. The number of carboxylic acid groups (broad SMARTS) is 2. The molecule has 19 heavy (non-hydrogen) atoms. The fourth-order valence-corrected chi connectivity index (χ4v) is 0. The van der Waals surface area contributed by atoms with Gasteiger partial charge in [0.1, 0.15) is 0 Å². The van der Waals surface area contributed by atoms with Gasteiger partial charge in [0.2, 0.25) is 0 Å². The minimum atomic E-state index is -0.935. The summed E-state index contributed by atoms with van der Waals surface area (Å²) < 4.78 is 0. The Balaban J connectivity index is -0.0000000821. The Morgan fingerprint density at radius 3 is 0.947 bits per heavy atom. The van der Waals surface area contributed by atoms with Gasteiger partial charge in [0.05, 0.1) is 13.2 Å². The van der Waals surface area contributed by atoms with Gasteiger partial charge in [-0.1, -0.05) is 13.2 Å². The van der Waals surface area contributed by atoms with Gasteiger partial charge in [0.15, 0.2) is 0 Å². The van der Waals surface area contributed by atoms with Crippen molar-refractivity contribution in [3.8, 4) is 0 Å². The zero-order valence-corrected chi connectivity index (χ0v) is 11.6. The summed E-state index contributed by atoms with van der Waals surface area (Å²) in [6.07, 6.45) is 0. The SMILES string of the molecule is C=C(C)C(=O)O.C=C(C)C(=O)O.CCO.OCCO. The zero-order chi connectivity index (χ0) is 16.4. The highest BCUT2D eigenvalue weighted by atomic mass is 16.4. The van der Waals surface area contributed by atoms with E-state index in [1.165, 1.54) is 13.8 Å². The van der Waals surface area contributed by atoms with Gasteiger partial charge in [-0.25, -0.2) is 9.59 Å². The fraction of sp³-hybridized carbons (Fsp3) is 0.500. The van der Waals surface area contributed by atoms with E-state index in [1.54, 1.807) is 6.92 Å². The van der Waals surface area contributed by atoms with Gasteiger partial charge < -0.3 is 25.5 Å². The Bertz CT molecular complexity index is 209. The Labute approximate surface area is 113 Å². The van der Waals surface area contributed by atoms with Gasteiger partial charge in [0, 0.05) is 17.8 Å². The van der Waals surface area contributed by atoms with Crippen LogP contribution in [-0.4, -0.2) is 57.3 Å². The molecule has 114 valence electrons. The highest BCUT2D eigenvalue weighted by Gasteiger charge is 1.90. The van der Waals surface area contributed by atoms with Crippen molar-refractivity contribution in [1.82, 2.24) is 0 Å². The van der Waals surface area contributed by atoms with E-state index in [0.717, 1.165) is 0 Å². The number of carboxylic acids is 2. The Morgan fingerprint density at radius 1 is 0.842 bits per heavy atom. The number of aliphatic carboxylic acids is 2. The summed E-state index contributed by atoms with van der Waals surface area (Å²) in [7, 11) is 0. The molecule has 0 saturated carbocycles. The van der Waals surface area contributed by atoms with Crippen LogP contribution in [0, 0.1) is 0 Å². The van der Waals surface area contributed by atoms with Crippen LogP contribution < -0.4 is 0 Å². The lowest BCUT2D eigenvalue weighted by Crippen LogP contribution is -1.92. The largest absolute Gasteiger partial charge is 0.478 e. The van der Waals surface area contributed by atoms with Crippen LogP contribution in [-0.2, 0) is 9.59 Å². The number of carbonyl (C=O) groups is 2. The van der Waals surface area contributed by atoms with Crippen LogP contribution in [0.25, 0.3) is 0 Å². The van der Waals surface area contributed by atoms with Crippen LogP contribution in [0.4, 0.5) is 0 Å². The van der Waals surface area contributed by atoms with Gasteiger partial charge in [-0.2, -0.15) is 0 Å². The van der Waals surface area contributed by atoms with Gasteiger partial charge in [0.25, 0.3) is 0 Å². The lowest BCUT2D eigenvalue weighted by atomic mass is 10.4. The first-order chi connectivity index (χ1) is 8.61. The third-order valence-electron chi connectivity index (χ3n) is 0.830. The van der Waals surface area contributed by atoms with Crippen LogP contribution in [0.3, 0.4) is 0 Å². The molecule has 0 aliphatic carbocycles. The smallest absolute Gasteiger partial charge is 0.330 e. The molecule has 0 unspecified atom stereocenters. The van der Waals surface area contributed by atoms with Crippen molar-refractivity contribution in [2.75, 3.05) is 19.8 Å². The van der Waals surface area contributed by atoms with Gasteiger partial charge in [-0.15, -0.1) is 0 Å². The maximum atomic E-state index is 9.60. The molecule has 0 fully saturated rings. The van der Waals surface area contributed by atoms with Crippen molar-refractivity contribution < 1.29 is 35.1 Å². The molecule has 0 saturated heterocycles. The van der Waals surface area contributed by atoms with Crippen LogP contribution in [0.15, 0.2) is 24.3 Å². The van der Waals surface area contributed by atoms with Crippen LogP contribution in [0.2, 0.25) is 0 Å². The Morgan fingerprint density at radius 2 is 0.947 bits per heavy atom. The second-order valence-electron chi connectivity index (χ2n) is 2.93. The van der Waals surface area contributed by atoms with E-state index in [-0.39, 0.29) is 31.0 Å². The third-order valence-corrected chi connectivity index (χ3v) is 0.830. The standard InChI is InChI=1S/2C4H6O2.C2H6O2.C2H6O/c2*1-3(2)4(5)6;3-1-2-4;1-2-3/h2*1H2,2H3,(H,5,6);3-4H,1-2H2;3H,2H2,1H3.